The van der Waals surface area contributed by atoms with Crippen LogP contribution in [0.25, 0.3) is 0 Å². The first-order valence-corrected chi connectivity index (χ1v) is 5.13. The highest BCUT2D eigenvalue weighted by Crippen LogP contribution is 2.39. The van der Waals surface area contributed by atoms with Gasteiger partial charge in [-0.15, -0.1) is 0 Å². The van der Waals surface area contributed by atoms with Gasteiger partial charge in [0.1, 0.15) is 11.6 Å². The monoisotopic (exact) mass is 196 g/mol. The third kappa shape index (κ3) is 1.79. The normalized spacial score (nSPS) is 26.8. The molecule has 0 radical (unpaired) electrons. The summed E-state index contributed by atoms with van der Waals surface area (Å²) in [6.45, 7) is 2.15. The number of halogens is 2. The average Bonchev–Trinajstić information content (AvgIpc) is 2.49. The van der Waals surface area contributed by atoms with E-state index in [-0.39, 0.29) is 0 Å². The van der Waals surface area contributed by atoms with Crippen LogP contribution in [-0.2, 0) is 0 Å². The summed E-state index contributed by atoms with van der Waals surface area (Å²) in [7, 11) is 0. The summed E-state index contributed by atoms with van der Waals surface area (Å²) in [5.41, 5.74) is 0.826. The Bertz CT molecular complexity index is 313. The molecule has 76 valence electrons. The lowest BCUT2D eigenvalue weighted by atomic mass is 9.90. The van der Waals surface area contributed by atoms with Crippen molar-refractivity contribution in [3.63, 3.8) is 0 Å². The number of hydrogen-bond acceptors (Lipinski definition) is 0. The minimum atomic E-state index is -0.459. The highest BCUT2D eigenvalue weighted by molar-refractivity contribution is 5.23. The molecule has 0 spiro atoms. The molecule has 1 fully saturated rings. The van der Waals surface area contributed by atoms with E-state index in [1.807, 2.05) is 0 Å². The second-order valence-corrected chi connectivity index (χ2v) is 4.22. The number of rotatable bonds is 1. The molecule has 1 aromatic rings. The lowest BCUT2D eigenvalue weighted by molar-refractivity contribution is 0.519. The van der Waals surface area contributed by atoms with Crippen LogP contribution >= 0.6 is 0 Å². The van der Waals surface area contributed by atoms with Crippen LogP contribution in [0.4, 0.5) is 8.78 Å². The summed E-state index contributed by atoms with van der Waals surface area (Å²) in [5.74, 6) is -0.0189. The van der Waals surface area contributed by atoms with Crippen molar-refractivity contribution < 1.29 is 8.78 Å². The van der Waals surface area contributed by atoms with E-state index in [0.717, 1.165) is 18.1 Å². The molecule has 2 rings (SSSR count). The first-order chi connectivity index (χ1) is 6.66. The van der Waals surface area contributed by atoms with Gasteiger partial charge in [-0.2, -0.15) is 0 Å². The lowest BCUT2D eigenvalue weighted by Crippen LogP contribution is -2.02. The molecule has 0 nitrogen and oxygen atoms in total. The van der Waals surface area contributed by atoms with Gasteiger partial charge >= 0.3 is 0 Å². The second-order valence-electron chi connectivity index (χ2n) is 4.22. The van der Waals surface area contributed by atoms with E-state index in [1.165, 1.54) is 25.0 Å². The van der Waals surface area contributed by atoms with Crippen LogP contribution in [0, 0.1) is 17.6 Å². The van der Waals surface area contributed by atoms with Crippen molar-refractivity contribution in [1.82, 2.24) is 0 Å². The molecule has 0 saturated heterocycles. The standard InChI is InChI=1S/C12H14F2/c1-8-3-2-4-12(8)9-5-10(13)7-11(14)6-9/h5-8,12H,2-4H2,1H3/t8?,12-/m0/s1. The Balaban J connectivity index is 2.31. The molecule has 2 heteroatoms. The Morgan fingerprint density at radius 1 is 1.07 bits per heavy atom. The van der Waals surface area contributed by atoms with Crippen molar-refractivity contribution in [3.8, 4) is 0 Å². The van der Waals surface area contributed by atoms with Gasteiger partial charge in [-0.25, -0.2) is 8.78 Å². The van der Waals surface area contributed by atoms with E-state index in [9.17, 15) is 8.78 Å². The summed E-state index contributed by atoms with van der Waals surface area (Å²) in [6.07, 6.45) is 3.40. The van der Waals surface area contributed by atoms with Crippen molar-refractivity contribution >= 4 is 0 Å². The maximum atomic E-state index is 13.0. The molecule has 0 heterocycles. The van der Waals surface area contributed by atoms with Crippen LogP contribution in [0.1, 0.15) is 37.7 Å². The number of benzene rings is 1. The molecule has 1 aromatic carbocycles. The van der Waals surface area contributed by atoms with Gasteiger partial charge < -0.3 is 0 Å². The Labute approximate surface area is 82.9 Å². The molecular formula is C12H14F2. The van der Waals surface area contributed by atoms with Gasteiger partial charge in [0.05, 0.1) is 0 Å². The van der Waals surface area contributed by atoms with Crippen molar-refractivity contribution in [3.05, 3.63) is 35.4 Å². The lowest BCUT2D eigenvalue weighted by Gasteiger charge is -2.15. The van der Waals surface area contributed by atoms with Crippen LogP contribution in [0.2, 0.25) is 0 Å². The minimum absolute atomic E-state index is 0.347. The molecular weight excluding hydrogens is 182 g/mol. The van der Waals surface area contributed by atoms with E-state index in [2.05, 4.69) is 6.92 Å². The molecule has 0 N–H and O–H groups in total. The first-order valence-electron chi connectivity index (χ1n) is 5.13. The van der Waals surface area contributed by atoms with Crippen LogP contribution in [0.3, 0.4) is 0 Å². The zero-order valence-electron chi connectivity index (χ0n) is 8.26. The van der Waals surface area contributed by atoms with Gasteiger partial charge in [-0.1, -0.05) is 19.8 Å². The van der Waals surface area contributed by atoms with Gasteiger partial charge in [0.25, 0.3) is 0 Å². The molecule has 1 aliphatic rings. The quantitative estimate of drug-likeness (QED) is 0.639. The van der Waals surface area contributed by atoms with E-state index in [0.29, 0.717) is 11.8 Å². The third-order valence-electron chi connectivity index (χ3n) is 3.17. The van der Waals surface area contributed by atoms with Gasteiger partial charge in [0.15, 0.2) is 0 Å². The molecule has 0 amide bonds. The molecule has 14 heavy (non-hydrogen) atoms. The molecule has 1 saturated carbocycles. The van der Waals surface area contributed by atoms with E-state index in [1.54, 1.807) is 0 Å². The van der Waals surface area contributed by atoms with E-state index < -0.39 is 11.6 Å². The third-order valence-corrected chi connectivity index (χ3v) is 3.17. The molecule has 2 atom stereocenters. The van der Waals surface area contributed by atoms with Crippen molar-refractivity contribution in [2.24, 2.45) is 5.92 Å². The maximum absolute atomic E-state index is 13.0. The Morgan fingerprint density at radius 3 is 2.21 bits per heavy atom. The van der Waals surface area contributed by atoms with Gasteiger partial charge in [0, 0.05) is 6.07 Å². The predicted octanol–water partition coefficient (Wildman–Crippen LogP) is 3.87. The SMILES string of the molecule is CC1CCC[C@@H]1c1cc(F)cc(F)c1. The highest BCUT2D eigenvalue weighted by Gasteiger charge is 2.25. The first kappa shape index (κ1) is 9.63. The molecule has 0 aromatic heterocycles. The summed E-state index contributed by atoms with van der Waals surface area (Å²) in [6, 6.07) is 3.87. The van der Waals surface area contributed by atoms with Gasteiger partial charge in [0.2, 0.25) is 0 Å². The molecule has 1 unspecified atom stereocenters. The molecule has 1 aliphatic carbocycles. The Kier molecular flexibility index (Phi) is 2.53. The topological polar surface area (TPSA) is 0 Å². The Morgan fingerprint density at radius 2 is 1.71 bits per heavy atom. The summed E-state index contributed by atoms with van der Waals surface area (Å²) in [4.78, 5) is 0. The predicted molar refractivity (Wildman–Crippen MR) is 52.1 cm³/mol. The summed E-state index contributed by atoms with van der Waals surface area (Å²) < 4.78 is 25.9. The van der Waals surface area contributed by atoms with Crippen LogP contribution in [0.15, 0.2) is 18.2 Å². The van der Waals surface area contributed by atoms with E-state index >= 15 is 0 Å². The fraction of sp³-hybridized carbons (Fsp3) is 0.500. The van der Waals surface area contributed by atoms with Crippen LogP contribution in [0.5, 0.6) is 0 Å². The molecule has 0 bridgehead atoms. The van der Waals surface area contributed by atoms with Crippen molar-refractivity contribution in [2.75, 3.05) is 0 Å². The summed E-state index contributed by atoms with van der Waals surface area (Å²) >= 11 is 0. The second kappa shape index (κ2) is 3.68. The fourth-order valence-electron chi connectivity index (χ4n) is 2.43. The van der Waals surface area contributed by atoms with Crippen molar-refractivity contribution in [1.29, 1.82) is 0 Å². The van der Waals surface area contributed by atoms with Crippen molar-refractivity contribution in [2.45, 2.75) is 32.1 Å². The van der Waals surface area contributed by atoms with E-state index in [4.69, 9.17) is 0 Å². The maximum Gasteiger partial charge on any atom is 0.126 e. The van der Waals surface area contributed by atoms with Gasteiger partial charge in [-0.05, 0) is 36.0 Å². The van der Waals surface area contributed by atoms with Gasteiger partial charge in [-0.3, -0.25) is 0 Å². The van der Waals surface area contributed by atoms with Crippen LogP contribution < -0.4 is 0 Å². The largest absolute Gasteiger partial charge is 0.207 e. The zero-order chi connectivity index (χ0) is 10.1. The smallest absolute Gasteiger partial charge is 0.126 e. The molecule has 0 aliphatic heterocycles. The van der Waals surface area contributed by atoms with Crippen LogP contribution in [-0.4, -0.2) is 0 Å². The Hall–Kier alpha value is -0.920. The zero-order valence-corrected chi connectivity index (χ0v) is 8.26. The minimum Gasteiger partial charge on any atom is -0.207 e. The fourth-order valence-corrected chi connectivity index (χ4v) is 2.43. The highest BCUT2D eigenvalue weighted by atomic mass is 19.1. The number of hydrogen-bond donors (Lipinski definition) is 0. The summed E-state index contributed by atoms with van der Waals surface area (Å²) in [5, 5.41) is 0. The average molecular weight is 196 g/mol.